The Kier molecular flexibility index (Phi) is 8.37. The molecule has 10 atom stereocenters. The van der Waals surface area contributed by atoms with Crippen molar-refractivity contribution in [2.24, 2.45) is 5.92 Å². The quantitative estimate of drug-likeness (QED) is 0.502. The molecule has 0 radical (unpaired) electrons. The average Bonchev–Trinajstić information content (AvgIpc) is 3.08. The molecule has 0 aromatic heterocycles. The van der Waals surface area contributed by atoms with Gasteiger partial charge in [0.25, 0.3) is 0 Å². The number of rotatable bonds is 4. The molecule has 4 fully saturated rings. The lowest BCUT2D eigenvalue weighted by Crippen LogP contribution is -2.69. The topological polar surface area (TPSA) is 103 Å². The van der Waals surface area contributed by atoms with Gasteiger partial charge in [-0.1, -0.05) is 41.7 Å². The summed E-state index contributed by atoms with van der Waals surface area (Å²) in [7, 11) is 0. The van der Waals surface area contributed by atoms with Gasteiger partial charge in [0.05, 0.1) is 31.0 Å². The van der Waals surface area contributed by atoms with Gasteiger partial charge in [0.15, 0.2) is 17.9 Å². The van der Waals surface area contributed by atoms with Crippen molar-refractivity contribution in [3.05, 3.63) is 0 Å². The average molecular weight is 577 g/mol. The normalized spacial score (nSPS) is 43.8. The molecule has 4 aliphatic heterocycles. The van der Waals surface area contributed by atoms with E-state index < -0.39 is 70.9 Å². The van der Waals surface area contributed by atoms with Crippen molar-refractivity contribution in [1.82, 2.24) is 5.32 Å². The lowest BCUT2D eigenvalue weighted by Gasteiger charge is -2.52. The summed E-state index contributed by atoms with van der Waals surface area (Å²) in [5.41, 5.74) is 0. The van der Waals surface area contributed by atoms with Gasteiger partial charge in [0.1, 0.15) is 31.0 Å². The molecule has 4 unspecified atom stereocenters. The molecular weight excluding hydrogens is 541 g/mol. The molecule has 4 saturated heterocycles. The van der Waals surface area contributed by atoms with E-state index in [2.05, 4.69) is 12.2 Å². The van der Waals surface area contributed by atoms with E-state index in [1.807, 2.05) is 41.5 Å². The number of nitrogens with one attached hydrogen (secondary N) is 1. The Labute approximate surface area is 226 Å². The minimum atomic E-state index is -1.74. The summed E-state index contributed by atoms with van der Waals surface area (Å²) >= 11 is 17.2. The number of ether oxygens (including phenoxy) is 8. The molecule has 0 spiro atoms. The molecule has 1 amide bonds. The molecule has 36 heavy (non-hydrogen) atoms. The van der Waals surface area contributed by atoms with E-state index in [-0.39, 0.29) is 18.1 Å². The van der Waals surface area contributed by atoms with Crippen LogP contribution < -0.4 is 5.32 Å². The largest absolute Gasteiger partial charge is 0.445 e. The van der Waals surface area contributed by atoms with E-state index in [1.54, 1.807) is 0 Å². The number of alkyl halides is 3. The smallest absolute Gasteiger partial charge is 0.407 e. The summed E-state index contributed by atoms with van der Waals surface area (Å²) in [5.74, 6) is -1.60. The SMILES string of the molecule is CC1O[C@@H](O[C@@H]2C(NC(=O)OCC(Cl)(Cl)Cl)[C@H](C)OC3COC(C)(C)O[C@@H]32)C2OC(C)(C)O[C@H]2[C@@H]1C. The zero-order valence-corrected chi connectivity index (χ0v) is 23.8. The molecule has 0 aliphatic carbocycles. The molecule has 4 heterocycles. The van der Waals surface area contributed by atoms with E-state index in [0.717, 1.165) is 0 Å². The van der Waals surface area contributed by atoms with E-state index in [9.17, 15) is 4.79 Å². The van der Waals surface area contributed by atoms with E-state index in [0.29, 0.717) is 6.61 Å². The van der Waals surface area contributed by atoms with Gasteiger partial charge in [0.2, 0.25) is 3.79 Å². The highest BCUT2D eigenvalue weighted by Gasteiger charge is 2.57. The van der Waals surface area contributed by atoms with E-state index in [4.69, 9.17) is 72.7 Å². The van der Waals surface area contributed by atoms with Crippen LogP contribution in [0.3, 0.4) is 0 Å². The summed E-state index contributed by atoms with van der Waals surface area (Å²) in [6.45, 7) is 13.1. The lowest BCUT2D eigenvalue weighted by atomic mass is 9.90. The maximum Gasteiger partial charge on any atom is 0.407 e. The third-order valence-electron chi connectivity index (χ3n) is 6.94. The van der Waals surface area contributed by atoms with Crippen molar-refractivity contribution in [2.45, 2.75) is 119 Å². The van der Waals surface area contributed by atoms with Crippen LogP contribution in [0.1, 0.15) is 48.5 Å². The fraction of sp³-hybridized carbons (Fsp3) is 0.957. The van der Waals surface area contributed by atoms with Crippen LogP contribution in [-0.2, 0) is 37.9 Å². The molecule has 10 nitrogen and oxygen atoms in total. The summed E-state index contributed by atoms with van der Waals surface area (Å²) < 4.78 is 46.8. The van der Waals surface area contributed by atoms with Gasteiger partial charge in [0, 0.05) is 5.92 Å². The number of hydrogen-bond acceptors (Lipinski definition) is 9. The van der Waals surface area contributed by atoms with Crippen LogP contribution >= 0.6 is 34.8 Å². The number of carbonyl (C=O) groups is 1. The monoisotopic (exact) mass is 575 g/mol. The molecular formula is C23H36Cl3NO9. The number of fused-ring (bicyclic) bond motifs is 2. The molecule has 0 bridgehead atoms. The van der Waals surface area contributed by atoms with E-state index in [1.165, 1.54) is 0 Å². The van der Waals surface area contributed by atoms with Gasteiger partial charge in [-0.2, -0.15) is 0 Å². The zero-order chi connectivity index (χ0) is 26.6. The highest BCUT2D eigenvalue weighted by atomic mass is 35.6. The van der Waals surface area contributed by atoms with Crippen LogP contribution in [-0.4, -0.2) is 89.7 Å². The molecule has 4 aliphatic rings. The fourth-order valence-electron chi connectivity index (χ4n) is 5.11. The second-order valence-electron chi connectivity index (χ2n) is 10.8. The van der Waals surface area contributed by atoms with Crippen LogP contribution in [0, 0.1) is 5.92 Å². The lowest BCUT2D eigenvalue weighted by molar-refractivity contribution is -0.370. The highest BCUT2D eigenvalue weighted by Crippen LogP contribution is 2.42. The van der Waals surface area contributed by atoms with Crippen molar-refractivity contribution in [3.63, 3.8) is 0 Å². The minimum absolute atomic E-state index is 0.0853. The second kappa shape index (κ2) is 10.4. The third kappa shape index (κ3) is 6.52. The first-order valence-corrected chi connectivity index (χ1v) is 13.3. The molecule has 0 aromatic rings. The summed E-state index contributed by atoms with van der Waals surface area (Å²) in [4.78, 5) is 12.6. The molecule has 208 valence electrons. The van der Waals surface area contributed by atoms with Gasteiger partial charge >= 0.3 is 6.09 Å². The van der Waals surface area contributed by atoms with Crippen molar-refractivity contribution in [2.75, 3.05) is 13.2 Å². The summed E-state index contributed by atoms with van der Waals surface area (Å²) in [6, 6.07) is -0.685. The zero-order valence-electron chi connectivity index (χ0n) is 21.5. The minimum Gasteiger partial charge on any atom is -0.445 e. The van der Waals surface area contributed by atoms with Gasteiger partial charge in [-0.25, -0.2) is 4.79 Å². The van der Waals surface area contributed by atoms with Crippen LogP contribution in [0.5, 0.6) is 0 Å². The van der Waals surface area contributed by atoms with E-state index >= 15 is 0 Å². The molecule has 13 heteroatoms. The van der Waals surface area contributed by atoms with Gasteiger partial charge < -0.3 is 43.2 Å². The summed E-state index contributed by atoms with van der Waals surface area (Å²) in [6.07, 6.45) is -4.65. The number of alkyl carbamates (subject to hydrolysis) is 1. The first kappa shape index (κ1) is 28.9. The van der Waals surface area contributed by atoms with Crippen LogP contribution in [0.4, 0.5) is 4.79 Å². The Morgan fingerprint density at radius 3 is 2.25 bits per heavy atom. The van der Waals surface area contributed by atoms with Crippen LogP contribution in [0.2, 0.25) is 0 Å². The fourth-order valence-corrected chi connectivity index (χ4v) is 5.27. The van der Waals surface area contributed by atoms with Gasteiger partial charge in [-0.15, -0.1) is 0 Å². The molecule has 0 aromatic carbocycles. The number of hydrogen-bond donors (Lipinski definition) is 1. The Bertz CT molecular complexity index is 810. The first-order chi connectivity index (χ1) is 16.6. The maximum absolute atomic E-state index is 12.6. The second-order valence-corrected chi connectivity index (χ2v) is 13.3. The van der Waals surface area contributed by atoms with Crippen molar-refractivity contribution in [1.29, 1.82) is 0 Å². The Morgan fingerprint density at radius 1 is 0.944 bits per heavy atom. The number of amides is 1. The Hall–Kier alpha value is -0.140. The molecule has 1 N–H and O–H groups in total. The molecule has 0 saturated carbocycles. The van der Waals surface area contributed by atoms with Gasteiger partial charge in [-0.3, -0.25) is 0 Å². The molecule has 4 rings (SSSR count). The Balaban J connectivity index is 1.58. The number of carbonyl (C=O) groups excluding carboxylic acids is 1. The van der Waals surface area contributed by atoms with Crippen molar-refractivity contribution < 1.29 is 42.7 Å². The predicted octanol–water partition coefficient (Wildman–Crippen LogP) is 3.68. The first-order valence-electron chi connectivity index (χ1n) is 12.2. The Morgan fingerprint density at radius 2 is 1.58 bits per heavy atom. The van der Waals surface area contributed by atoms with Crippen LogP contribution in [0.15, 0.2) is 0 Å². The highest BCUT2D eigenvalue weighted by molar-refractivity contribution is 6.67. The van der Waals surface area contributed by atoms with Crippen molar-refractivity contribution >= 4 is 40.9 Å². The van der Waals surface area contributed by atoms with Crippen LogP contribution in [0.25, 0.3) is 0 Å². The summed E-state index contributed by atoms with van der Waals surface area (Å²) in [5, 5.41) is 2.80. The number of halogens is 3. The maximum atomic E-state index is 12.6. The standard InChI is InChI=1S/C23H36Cl3NO9/c1-10-11(2)32-19(18-15(10)34-22(6,7)36-18)33-17-14(27-20(28)29-9-23(24,25)26)12(3)31-13-8-30-21(4,5)35-16(13)17/h10-19H,8-9H2,1-7H3,(H,27,28)/t10-,11?,12+,13?,14?,15+,16+,17-,18?,19+/m1/s1. The van der Waals surface area contributed by atoms with Gasteiger partial charge in [-0.05, 0) is 41.5 Å². The third-order valence-corrected chi connectivity index (χ3v) is 7.26. The predicted molar refractivity (Wildman–Crippen MR) is 130 cm³/mol. The van der Waals surface area contributed by atoms with Crippen molar-refractivity contribution in [3.8, 4) is 0 Å².